The van der Waals surface area contributed by atoms with Crippen molar-refractivity contribution in [1.82, 2.24) is 0 Å². The fourth-order valence-electron chi connectivity index (χ4n) is 1.57. The van der Waals surface area contributed by atoms with E-state index in [1.54, 1.807) is 6.07 Å². The lowest BCUT2D eigenvalue weighted by molar-refractivity contribution is 0.102. The van der Waals surface area contributed by atoms with Gasteiger partial charge in [-0.3, -0.25) is 4.79 Å². The van der Waals surface area contributed by atoms with Gasteiger partial charge in [-0.05, 0) is 53.2 Å². The first-order chi connectivity index (χ1) is 8.56. The minimum absolute atomic E-state index is 0.110. The van der Waals surface area contributed by atoms with Crippen LogP contribution in [0.15, 0.2) is 51.4 Å². The average molecular weight is 369 g/mol. The molecule has 0 aromatic heterocycles. The second-order valence-corrected chi connectivity index (χ2v) is 5.72. The van der Waals surface area contributed by atoms with Gasteiger partial charge in [0.05, 0.1) is 5.69 Å². The van der Waals surface area contributed by atoms with Crippen LogP contribution in [0.1, 0.15) is 15.9 Å². The third-order valence-corrected chi connectivity index (χ3v) is 3.61. The first-order valence-corrected chi connectivity index (χ1v) is 6.98. The van der Waals surface area contributed by atoms with Gasteiger partial charge in [0.1, 0.15) is 0 Å². The summed E-state index contributed by atoms with van der Waals surface area (Å²) < 4.78 is 1.81. The van der Waals surface area contributed by atoms with Crippen LogP contribution in [0.4, 0.5) is 5.69 Å². The summed E-state index contributed by atoms with van der Waals surface area (Å²) in [6, 6.07) is 13.1. The lowest BCUT2D eigenvalue weighted by Gasteiger charge is -2.08. The average Bonchev–Trinajstić information content (AvgIpc) is 2.32. The van der Waals surface area contributed by atoms with E-state index in [4.69, 9.17) is 0 Å². The fourth-order valence-corrected chi connectivity index (χ4v) is 2.72. The Kier molecular flexibility index (Phi) is 4.19. The SMILES string of the molecule is Cc1cccc(C(=O)Nc2ccc(Br)cc2Br)c1. The fraction of sp³-hybridized carbons (Fsp3) is 0.0714. The van der Waals surface area contributed by atoms with Crippen molar-refractivity contribution in [2.45, 2.75) is 6.92 Å². The molecule has 0 aliphatic carbocycles. The Morgan fingerprint density at radius 2 is 1.89 bits per heavy atom. The first kappa shape index (κ1) is 13.3. The van der Waals surface area contributed by atoms with E-state index < -0.39 is 0 Å². The Morgan fingerprint density at radius 3 is 2.56 bits per heavy atom. The van der Waals surface area contributed by atoms with Crippen molar-refractivity contribution < 1.29 is 4.79 Å². The van der Waals surface area contributed by atoms with Crippen molar-refractivity contribution in [1.29, 1.82) is 0 Å². The normalized spacial score (nSPS) is 10.2. The lowest BCUT2D eigenvalue weighted by Crippen LogP contribution is -2.12. The minimum Gasteiger partial charge on any atom is -0.321 e. The van der Waals surface area contributed by atoms with E-state index in [1.807, 2.05) is 43.3 Å². The summed E-state index contributed by atoms with van der Waals surface area (Å²) >= 11 is 6.79. The minimum atomic E-state index is -0.110. The maximum atomic E-state index is 12.1. The number of carbonyl (C=O) groups is 1. The summed E-state index contributed by atoms with van der Waals surface area (Å²) in [4.78, 5) is 12.1. The third-order valence-electron chi connectivity index (χ3n) is 2.46. The Hall–Kier alpha value is -1.13. The van der Waals surface area contributed by atoms with E-state index in [9.17, 15) is 4.79 Å². The molecule has 1 amide bonds. The standard InChI is InChI=1S/C14H11Br2NO/c1-9-3-2-4-10(7-9)14(18)17-13-6-5-11(15)8-12(13)16/h2-8H,1H3,(H,17,18). The van der Waals surface area contributed by atoms with Crippen LogP contribution in [0.25, 0.3) is 0 Å². The van der Waals surface area contributed by atoms with E-state index in [1.165, 1.54) is 0 Å². The van der Waals surface area contributed by atoms with Gasteiger partial charge in [0, 0.05) is 14.5 Å². The van der Waals surface area contributed by atoms with Crippen LogP contribution in [0.3, 0.4) is 0 Å². The van der Waals surface area contributed by atoms with Crippen LogP contribution in [0.2, 0.25) is 0 Å². The van der Waals surface area contributed by atoms with Crippen molar-refractivity contribution in [2.75, 3.05) is 5.32 Å². The van der Waals surface area contributed by atoms with E-state index >= 15 is 0 Å². The van der Waals surface area contributed by atoms with Crippen molar-refractivity contribution in [3.05, 3.63) is 62.5 Å². The van der Waals surface area contributed by atoms with Gasteiger partial charge in [-0.15, -0.1) is 0 Å². The predicted octanol–water partition coefficient (Wildman–Crippen LogP) is 4.77. The van der Waals surface area contributed by atoms with Gasteiger partial charge in [-0.2, -0.15) is 0 Å². The molecule has 0 spiro atoms. The van der Waals surface area contributed by atoms with Crippen LogP contribution < -0.4 is 5.32 Å². The molecule has 92 valence electrons. The van der Waals surface area contributed by atoms with Crippen LogP contribution in [0.5, 0.6) is 0 Å². The molecule has 0 bridgehead atoms. The van der Waals surface area contributed by atoms with Crippen molar-refractivity contribution in [2.24, 2.45) is 0 Å². The number of aryl methyl sites for hydroxylation is 1. The second kappa shape index (κ2) is 5.67. The van der Waals surface area contributed by atoms with Crippen LogP contribution in [0, 0.1) is 6.92 Å². The number of nitrogens with one attached hydrogen (secondary N) is 1. The quantitative estimate of drug-likeness (QED) is 0.812. The topological polar surface area (TPSA) is 29.1 Å². The molecule has 2 aromatic carbocycles. The van der Waals surface area contributed by atoms with Gasteiger partial charge in [0.2, 0.25) is 0 Å². The number of rotatable bonds is 2. The van der Waals surface area contributed by atoms with E-state index in [0.29, 0.717) is 5.56 Å². The molecule has 18 heavy (non-hydrogen) atoms. The molecule has 0 saturated heterocycles. The molecule has 0 atom stereocenters. The summed E-state index contributed by atoms with van der Waals surface area (Å²) in [5.74, 6) is -0.110. The number of benzene rings is 2. The first-order valence-electron chi connectivity index (χ1n) is 5.39. The molecule has 0 heterocycles. The van der Waals surface area contributed by atoms with Crippen LogP contribution in [-0.4, -0.2) is 5.91 Å². The number of anilines is 1. The molecule has 2 aromatic rings. The van der Waals surface area contributed by atoms with E-state index in [-0.39, 0.29) is 5.91 Å². The zero-order valence-electron chi connectivity index (χ0n) is 9.71. The summed E-state index contributed by atoms with van der Waals surface area (Å²) in [5, 5.41) is 2.87. The van der Waals surface area contributed by atoms with Crippen molar-refractivity contribution in [3.8, 4) is 0 Å². The Morgan fingerprint density at radius 1 is 1.11 bits per heavy atom. The number of amides is 1. The molecule has 0 saturated carbocycles. The molecule has 2 nitrogen and oxygen atoms in total. The maximum absolute atomic E-state index is 12.1. The van der Waals surface area contributed by atoms with Gasteiger partial charge in [0.25, 0.3) is 5.91 Å². The summed E-state index contributed by atoms with van der Waals surface area (Å²) in [7, 11) is 0. The number of hydrogen-bond donors (Lipinski definition) is 1. The van der Waals surface area contributed by atoms with Gasteiger partial charge >= 0.3 is 0 Å². The van der Waals surface area contributed by atoms with Gasteiger partial charge in [0.15, 0.2) is 0 Å². The van der Waals surface area contributed by atoms with Crippen molar-refractivity contribution >= 4 is 43.5 Å². The van der Waals surface area contributed by atoms with E-state index in [0.717, 1.165) is 20.2 Å². The molecule has 0 radical (unpaired) electrons. The van der Waals surface area contributed by atoms with Crippen LogP contribution in [-0.2, 0) is 0 Å². The second-order valence-electron chi connectivity index (χ2n) is 3.95. The summed E-state index contributed by atoms with van der Waals surface area (Å²) in [5.41, 5.74) is 2.48. The number of halogens is 2. The Balaban J connectivity index is 2.21. The molecular weight excluding hydrogens is 358 g/mol. The highest BCUT2D eigenvalue weighted by Gasteiger charge is 2.08. The molecule has 4 heteroatoms. The highest BCUT2D eigenvalue weighted by Crippen LogP contribution is 2.26. The summed E-state index contributed by atoms with van der Waals surface area (Å²) in [6.45, 7) is 1.96. The number of carbonyl (C=O) groups excluding carboxylic acids is 1. The molecule has 0 aliphatic heterocycles. The largest absolute Gasteiger partial charge is 0.321 e. The molecule has 2 rings (SSSR count). The Bertz CT molecular complexity index is 596. The Labute approximate surface area is 123 Å². The number of hydrogen-bond acceptors (Lipinski definition) is 1. The zero-order valence-corrected chi connectivity index (χ0v) is 12.9. The molecule has 1 N–H and O–H groups in total. The third kappa shape index (κ3) is 3.21. The zero-order chi connectivity index (χ0) is 13.1. The molecule has 0 aliphatic rings. The van der Waals surface area contributed by atoms with E-state index in [2.05, 4.69) is 37.2 Å². The lowest BCUT2D eigenvalue weighted by atomic mass is 10.1. The monoisotopic (exact) mass is 367 g/mol. The van der Waals surface area contributed by atoms with Crippen molar-refractivity contribution in [3.63, 3.8) is 0 Å². The van der Waals surface area contributed by atoms with Gasteiger partial charge < -0.3 is 5.32 Å². The predicted molar refractivity (Wildman–Crippen MR) is 81.0 cm³/mol. The van der Waals surface area contributed by atoms with Gasteiger partial charge in [-0.1, -0.05) is 33.6 Å². The highest BCUT2D eigenvalue weighted by molar-refractivity contribution is 9.11. The van der Waals surface area contributed by atoms with Crippen LogP contribution >= 0.6 is 31.9 Å². The molecule has 0 fully saturated rings. The summed E-state index contributed by atoms with van der Waals surface area (Å²) in [6.07, 6.45) is 0. The highest BCUT2D eigenvalue weighted by atomic mass is 79.9. The van der Waals surface area contributed by atoms with Gasteiger partial charge in [-0.25, -0.2) is 0 Å². The smallest absolute Gasteiger partial charge is 0.255 e. The maximum Gasteiger partial charge on any atom is 0.255 e. The molecular formula is C14H11Br2NO. The molecule has 0 unspecified atom stereocenters.